The highest BCUT2D eigenvalue weighted by Gasteiger charge is 2.30. The molecule has 0 aliphatic carbocycles. The Morgan fingerprint density at radius 1 is 1.15 bits per heavy atom. The van der Waals surface area contributed by atoms with Gasteiger partial charge in [0.15, 0.2) is 11.0 Å². The molecule has 0 radical (unpaired) electrons. The fourth-order valence-corrected chi connectivity index (χ4v) is 2.60. The number of halogens is 5. The van der Waals surface area contributed by atoms with Crippen LogP contribution in [0.4, 0.5) is 19.0 Å². The zero-order valence-electron chi connectivity index (χ0n) is 13.7. The summed E-state index contributed by atoms with van der Waals surface area (Å²) < 4.78 is 39.9. The number of hydrazone groups is 1. The number of benzene rings is 1. The molecule has 3 rings (SSSR count). The van der Waals surface area contributed by atoms with Gasteiger partial charge in [0.1, 0.15) is 5.15 Å². The molecule has 0 saturated carbocycles. The molecule has 0 atom stereocenters. The zero-order chi connectivity index (χ0) is 19.6. The molecule has 0 fully saturated rings. The van der Waals surface area contributed by atoms with E-state index in [2.05, 4.69) is 25.8 Å². The SMILES string of the molecule is Cc1nn(-c2cccc(C(F)(F)F)c2)c(Cl)c1C=NNc1ccc(Cl)nn1. The van der Waals surface area contributed by atoms with Gasteiger partial charge in [-0.25, -0.2) is 4.68 Å². The monoisotopic (exact) mass is 414 g/mol. The molecule has 140 valence electrons. The van der Waals surface area contributed by atoms with Gasteiger partial charge in [-0.2, -0.15) is 23.4 Å². The highest BCUT2D eigenvalue weighted by molar-refractivity contribution is 6.32. The third-order valence-electron chi connectivity index (χ3n) is 3.47. The van der Waals surface area contributed by atoms with Crippen molar-refractivity contribution in [3.63, 3.8) is 0 Å². The van der Waals surface area contributed by atoms with E-state index in [1.165, 1.54) is 29.1 Å². The first-order valence-electron chi connectivity index (χ1n) is 7.47. The minimum Gasteiger partial charge on any atom is -0.260 e. The van der Waals surface area contributed by atoms with Crippen molar-refractivity contribution < 1.29 is 13.2 Å². The Hall–Kier alpha value is -2.65. The summed E-state index contributed by atoms with van der Waals surface area (Å²) in [4.78, 5) is 0. The summed E-state index contributed by atoms with van der Waals surface area (Å²) >= 11 is 11.9. The Kier molecular flexibility index (Phi) is 5.33. The summed E-state index contributed by atoms with van der Waals surface area (Å²) in [5, 5.41) is 16.0. The lowest BCUT2D eigenvalue weighted by Gasteiger charge is -2.09. The zero-order valence-corrected chi connectivity index (χ0v) is 15.2. The molecule has 0 bridgehead atoms. The van der Waals surface area contributed by atoms with Crippen molar-refractivity contribution in [1.29, 1.82) is 0 Å². The van der Waals surface area contributed by atoms with Crippen LogP contribution in [0.25, 0.3) is 5.69 Å². The number of anilines is 1. The van der Waals surface area contributed by atoms with E-state index in [1.54, 1.807) is 13.0 Å². The summed E-state index contributed by atoms with van der Waals surface area (Å²) in [5.41, 5.74) is 2.98. The van der Waals surface area contributed by atoms with E-state index in [1.807, 2.05) is 0 Å². The number of hydrogen-bond donors (Lipinski definition) is 1. The van der Waals surface area contributed by atoms with Crippen LogP contribution in [0.5, 0.6) is 0 Å². The van der Waals surface area contributed by atoms with E-state index in [-0.39, 0.29) is 16.0 Å². The summed E-state index contributed by atoms with van der Waals surface area (Å²) in [6.45, 7) is 1.67. The Bertz CT molecular complexity index is 983. The van der Waals surface area contributed by atoms with Crippen molar-refractivity contribution in [2.75, 3.05) is 5.43 Å². The Balaban J connectivity index is 1.87. The van der Waals surface area contributed by atoms with E-state index in [9.17, 15) is 13.2 Å². The van der Waals surface area contributed by atoms with Crippen molar-refractivity contribution in [1.82, 2.24) is 20.0 Å². The lowest BCUT2D eigenvalue weighted by Crippen LogP contribution is -2.06. The largest absolute Gasteiger partial charge is 0.416 e. The van der Waals surface area contributed by atoms with Crippen LogP contribution in [-0.2, 0) is 6.18 Å². The molecule has 27 heavy (non-hydrogen) atoms. The van der Waals surface area contributed by atoms with Crippen LogP contribution < -0.4 is 5.43 Å². The van der Waals surface area contributed by atoms with Gasteiger partial charge >= 0.3 is 6.18 Å². The fourth-order valence-electron chi connectivity index (χ4n) is 2.18. The second-order valence-electron chi connectivity index (χ2n) is 5.36. The standard InChI is InChI=1S/C16H11Cl2F3N6/c1-9-12(8-22-24-14-6-5-13(17)23-25-14)15(18)27(26-9)11-4-2-3-10(7-11)16(19,20)21/h2-8H,1H3,(H,24,25). The smallest absolute Gasteiger partial charge is 0.260 e. The molecule has 2 heterocycles. The van der Waals surface area contributed by atoms with E-state index < -0.39 is 11.7 Å². The summed E-state index contributed by atoms with van der Waals surface area (Å²) in [7, 11) is 0. The maximum absolute atomic E-state index is 12.9. The van der Waals surface area contributed by atoms with Gasteiger partial charge in [-0.3, -0.25) is 5.43 Å². The minimum atomic E-state index is -4.46. The van der Waals surface area contributed by atoms with E-state index in [0.717, 1.165) is 12.1 Å². The molecular weight excluding hydrogens is 404 g/mol. The number of aryl methyl sites for hydroxylation is 1. The topological polar surface area (TPSA) is 68.0 Å². The summed E-state index contributed by atoms with van der Waals surface area (Å²) in [6, 6.07) is 7.84. The quantitative estimate of drug-likeness (QED) is 0.494. The van der Waals surface area contributed by atoms with Crippen LogP contribution in [-0.4, -0.2) is 26.2 Å². The summed E-state index contributed by atoms with van der Waals surface area (Å²) in [6.07, 6.45) is -3.07. The second kappa shape index (κ2) is 7.53. The predicted molar refractivity (Wildman–Crippen MR) is 96.6 cm³/mol. The van der Waals surface area contributed by atoms with Gasteiger partial charge in [0.2, 0.25) is 0 Å². The molecular formula is C16H11Cl2F3N6. The predicted octanol–water partition coefficient (Wildman–Crippen LogP) is 4.74. The van der Waals surface area contributed by atoms with Crippen LogP contribution in [0.3, 0.4) is 0 Å². The molecule has 2 aromatic heterocycles. The molecule has 0 aliphatic heterocycles. The Labute approximate surface area is 161 Å². The van der Waals surface area contributed by atoms with Crippen LogP contribution in [0.2, 0.25) is 10.3 Å². The van der Waals surface area contributed by atoms with E-state index in [0.29, 0.717) is 17.1 Å². The normalized spacial score (nSPS) is 11.9. The van der Waals surface area contributed by atoms with Crippen LogP contribution in [0.15, 0.2) is 41.5 Å². The second-order valence-corrected chi connectivity index (χ2v) is 6.11. The van der Waals surface area contributed by atoms with Crippen molar-refractivity contribution in [2.24, 2.45) is 5.10 Å². The average molecular weight is 415 g/mol. The maximum Gasteiger partial charge on any atom is 0.416 e. The molecule has 0 saturated heterocycles. The number of rotatable bonds is 4. The van der Waals surface area contributed by atoms with E-state index in [4.69, 9.17) is 23.2 Å². The van der Waals surface area contributed by atoms with Gasteiger partial charge in [-0.05, 0) is 37.3 Å². The third kappa shape index (κ3) is 4.37. The molecule has 1 N–H and O–H groups in total. The molecule has 3 aromatic rings. The maximum atomic E-state index is 12.9. The Morgan fingerprint density at radius 3 is 2.59 bits per heavy atom. The van der Waals surface area contributed by atoms with Crippen LogP contribution >= 0.6 is 23.2 Å². The van der Waals surface area contributed by atoms with Crippen molar-refractivity contribution in [2.45, 2.75) is 13.1 Å². The van der Waals surface area contributed by atoms with Gasteiger partial charge in [0, 0.05) is 0 Å². The number of aromatic nitrogens is 4. The summed E-state index contributed by atoms with van der Waals surface area (Å²) in [5.74, 6) is 0.356. The highest BCUT2D eigenvalue weighted by Crippen LogP contribution is 2.31. The molecule has 1 aromatic carbocycles. The molecule has 0 amide bonds. The molecule has 11 heteroatoms. The first kappa shape index (κ1) is 19.1. The van der Waals surface area contributed by atoms with Gasteiger partial charge in [-0.1, -0.05) is 29.3 Å². The molecule has 6 nitrogen and oxygen atoms in total. The lowest BCUT2D eigenvalue weighted by molar-refractivity contribution is -0.137. The number of nitrogens with zero attached hydrogens (tertiary/aromatic N) is 5. The van der Waals surface area contributed by atoms with Crippen molar-refractivity contribution in [3.8, 4) is 5.69 Å². The average Bonchev–Trinajstić information content (AvgIpc) is 2.91. The van der Waals surface area contributed by atoms with Crippen LogP contribution in [0, 0.1) is 6.92 Å². The van der Waals surface area contributed by atoms with Gasteiger partial charge in [0.05, 0.1) is 28.7 Å². The third-order valence-corrected chi connectivity index (χ3v) is 4.04. The number of hydrogen-bond acceptors (Lipinski definition) is 5. The van der Waals surface area contributed by atoms with Gasteiger partial charge in [-0.15, -0.1) is 10.2 Å². The number of alkyl halides is 3. The molecule has 0 unspecified atom stereocenters. The fraction of sp³-hybridized carbons (Fsp3) is 0.125. The van der Waals surface area contributed by atoms with Crippen molar-refractivity contribution in [3.05, 3.63) is 63.5 Å². The van der Waals surface area contributed by atoms with Crippen LogP contribution in [0.1, 0.15) is 16.8 Å². The Morgan fingerprint density at radius 2 is 1.93 bits per heavy atom. The van der Waals surface area contributed by atoms with Gasteiger partial charge in [0.25, 0.3) is 0 Å². The van der Waals surface area contributed by atoms with Crippen molar-refractivity contribution >= 4 is 35.2 Å². The molecule has 0 spiro atoms. The van der Waals surface area contributed by atoms with E-state index >= 15 is 0 Å². The van der Waals surface area contributed by atoms with Gasteiger partial charge < -0.3 is 0 Å². The first-order chi connectivity index (χ1) is 12.8. The molecule has 0 aliphatic rings. The number of nitrogens with one attached hydrogen (secondary N) is 1. The highest BCUT2D eigenvalue weighted by atomic mass is 35.5. The lowest BCUT2D eigenvalue weighted by atomic mass is 10.2. The first-order valence-corrected chi connectivity index (χ1v) is 8.22. The minimum absolute atomic E-state index is 0.125.